The van der Waals surface area contributed by atoms with Crippen LogP contribution in [0.1, 0.15) is 60.3 Å². The number of aromatic nitrogens is 1. The molecule has 29 heavy (non-hydrogen) atoms. The smallest absolute Gasteiger partial charge is 0.150 e. The Morgan fingerprint density at radius 2 is 1.45 bits per heavy atom. The zero-order valence-electron chi connectivity index (χ0n) is 18.3. The summed E-state index contributed by atoms with van der Waals surface area (Å²) >= 11 is 0. The van der Waals surface area contributed by atoms with Crippen LogP contribution in [0.2, 0.25) is 0 Å². The van der Waals surface area contributed by atoms with E-state index in [2.05, 4.69) is 80.8 Å². The van der Waals surface area contributed by atoms with E-state index in [0.29, 0.717) is 0 Å². The van der Waals surface area contributed by atoms with Crippen LogP contribution in [0.5, 0.6) is 0 Å². The zero-order chi connectivity index (χ0) is 20.9. The Balaban J connectivity index is 2.12. The molecule has 0 spiro atoms. The first-order valence-corrected chi connectivity index (χ1v) is 10.4. The molecule has 1 aromatic heterocycles. The van der Waals surface area contributed by atoms with Crippen LogP contribution >= 0.6 is 0 Å². The van der Waals surface area contributed by atoms with Gasteiger partial charge in [-0.15, -0.1) is 0 Å². The molecule has 0 atom stereocenters. The molecule has 4 aromatic rings. The Hall–Kier alpha value is -2.87. The Kier molecular flexibility index (Phi) is 4.61. The highest BCUT2D eigenvalue weighted by atomic mass is 16.1. The molecule has 0 bridgehead atoms. The number of hydrogen-bond acceptors (Lipinski definition) is 1. The molecular formula is C27H29NO. The van der Waals surface area contributed by atoms with E-state index in [-0.39, 0.29) is 5.41 Å². The summed E-state index contributed by atoms with van der Waals surface area (Å²) in [6.45, 7) is 13.0. The lowest BCUT2D eigenvalue weighted by Crippen LogP contribution is -2.10. The average molecular weight is 384 g/mol. The SMILES string of the molecule is CCc1ccc2c(c1)c1cc(C(C)(C)C)ccc1n2-c1cc(C)c(C=O)c(C)c1. The fourth-order valence-corrected chi connectivity index (χ4v) is 4.30. The van der Waals surface area contributed by atoms with Gasteiger partial charge in [-0.3, -0.25) is 4.79 Å². The van der Waals surface area contributed by atoms with Crippen LogP contribution in [0, 0.1) is 13.8 Å². The molecule has 0 fully saturated rings. The largest absolute Gasteiger partial charge is 0.309 e. The molecule has 1 heterocycles. The van der Waals surface area contributed by atoms with Crippen LogP contribution in [0.15, 0.2) is 48.5 Å². The molecule has 2 nitrogen and oxygen atoms in total. The predicted octanol–water partition coefficient (Wildman–Crippen LogP) is 7.07. The van der Waals surface area contributed by atoms with Crippen molar-refractivity contribution in [1.82, 2.24) is 4.57 Å². The summed E-state index contributed by atoms with van der Waals surface area (Å²) in [5, 5.41) is 2.58. The summed E-state index contributed by atoms with van der Waals surface area (Å²) in [7, 11) is 0. The van der Waals surface area contributed by atoms with Crippen LogP contribution in [0.4, 0.5) is 0 Å². The minimum Gasteiger partial charge on any atom is -0.309 e. The standard InChI is InChI=1S/C27H29NO/c1-7-19-8-10-25-22(14-19)23-15-20(27(4,5)6)9-11-26(23)28(25)21-12-17(2)24(16-29)18(3)13-21/h8-16H,7H2,1-6H3. The van der Waals surface area contributed by atoms with E-state index in [1.165, 1.54) is 32.9 Å². The van der Waals surface area contributed by atoms with Gasteiger partial charge < -0.3 is 4.57 Å². The van der Waals surface area contributed by atoms with Crippen LogP contribution in [-0.2, 0) is 11.8 Å². The Morgan fingerprint density at radius 3 is 2.00 bits per heavy atom. The molecule has 0 aliphatic carbocycles. The van der Waals surface area contributed by atoms with Crippen molar-refractivity contribution >= 4 is 28.1 Å². The van der Waals surface area contributed by atoms with Gasteiger partial charge in [0.1, 0.15) is 0 Å². The maximum atomic E-state index is 11.5. The number of nitrogens with zero attached hydrogens (tertiary/aromatic N) is 1. The van der Waals surface area contributed by atoms with Crippen molar-refractivity contribution in [3.63, 3.8) is 0 Å². The molecule has 0 saturated heterocycles. The second kappa shape index (κ2) is 6.88. The Labute approximate surface area is 173 Å². The summed E-state index contributed by atoms with van der Waals surface area (Å²) < 4.78 is 2.34. The molecule has 0 saturated carbocycles. The molecule has 2 heteroatoms. The second-order valence-electron chi connectivity index (χ2n) is 9.13. The molecule has 0 aliphatic heterocycles. The molecule has 0 N–H and O–H groups in total. The first-order valence-electron chi connectivity index (χ1n) is 10.4. The lowest BCUT2D eigenvalue weighted by Gasteiger charge is -2.19. The fraction of sp³-hybridized carbons (Fsp3) is 0.296. The highest BCUT2D eigenvalue weighted by molar-refractivity contribution is 6.09. The first-order chi connectivity index (χ1) is 13.7. The summed E-state index contributed by atoms with van der Waals surface area (Å²) in [5.74, 6) is 0. The summed E-state index contributed by atoms with van der Waals surface area (Å²) in [4.78, 5) is 11.5. The van der Waals surface area contributed by atoms with Crippen molar-refractivity contribution in [2.45, 2.75) is 53.4 Å². The monoisotopic (exact) mass is 383 g/mol. The number of rotatable bonds is 3. The number of aldehydes is 1. The zero-order valence-corrected chi connectivity index (χ0v) is 18.3. The Bertz CT molecular complexity index is 1230. The Morgan fingerprint density at radius 1 is 0.862 bits per heavy atom. The number of hydrogen-bond donors (Lipinski definition) is 0. The van der Waals surface area contributed by atoms with E-state index < -0.39 is 0 Å². The summed E-state index contributed by atoms with van der Waals surface area (Å²) in [6.07, 6.45) is 1.98. The van der Waals surface area contributed by atoms with E-state index in [4.69, 9.17) is 0 Å². The van der Waals surface area contributed by atoms with Gasteiger partial charge in [0.25, 0.3) is 0 Å². The van der Waals surface area contributed by atoms with Gasteiger partial charge in [-0.25, -0.2) is 0 Å². The van der Waals surface area contributed by atoms with Crippen molar-refractivity contribution in [3.05, 3.63) is 76.3 Å². The summed E-state index contributed by atoms with van der Waals surface area (Å²) in [5.41, 5.74) is 9.14. The van der Waals surface area contributed by atoms with Crippen molar-refractivity contribution in [2.75, 3.05) is 0 Å². The second-order valence-corrected chi connectivity index (χ2v) is 9.13. The van der Waals surface area contributed by atoms with Gasteiger partial charge >= 0.3 is 0 Å². The molecular weight excluding hydrogens is 354 g/mol. The number of fused-ring (bicyclic) bond motifs is 3. The van der Waals surface area contributed by atoms with Crippen LogP contribution in [-0.4, -0.2) is 10.9 Å². The third-order valence-electron chi connectivity index (χ3n) is 6.06. The first kappa shape index (κ1) is 19.4. The molecule has 3 aromatic carbocycles. The maximum Gasteiger partial charge on any atom is 0.150 e. The van der Waals surface area contributed by atoms with Gasteiger partial charge in [-0.05, 0) is 84.3 Å². The quantitative estimate of drug-likeness (QED) is 0.347. The van der Waals surface area contributed by atoms with Crippen LogP contribution in [0.3, 0.4) is 0 Å². The highest BCUT2D eigenvalue weighted by Crippen LogP contribution is 2.36. The van der Waals surface area contributed by atoms with Gasteiger partial charge in [-0.1, -0.05) is 39.8 Å². The van der Waals surface area contributed by atoms with Crippen molar-refractivity contribution in [1.29, 1.82) is 0 Å². The average Bonchev–Trinajstić information content (AvgIpc) is 3.00. The van der Waals surface area contributed by atoms with Crippen molar-refractivity contribution < 1.29 is 4.79 Å². The molecule has 0 radical (unpaired) electrons. The molecule has 4 rings (SSSR count). The predicted molar refractivity (Wildman–Crippen MR) is 124 cm³/mol. The summed E-state index contributed by atoms with van der Waals surface area (Å²) in [6, 6.07) is 17.9. The number of carbonyl (C=O) groups excluding carboxylic acids is 1. The number of benzene rings is 3. The van der Waals surface area contributed by atoms with Gasteiger partial charge in [-0.2, -0.15) is 0 Å². The van der Waals surface area contributed by atoms with Gasteiger partial charge in [0, 0.05) is 22.0 Å². The lowest BCUT2D eigenvalue weighted by atomic mass is 9.86. The number of aryl methyl sites for hydroxylation is 3. The number of carbonyl (C=O) groups is 1. The highest BCUT2D eigenvalue weighted by Gasteiger charge is 2.19. The van der Waals surface area contributed by atoms with Crippen molar-refractivity contribution in [2.24, 2.45) is 0 Å². The minimum absolute atomic E-state index is 0.101. The van der Waals surface area contributed by atoms with E-state index in [1.807, 2.05) is 13.8 Å². The molecule has 0 amide bonds. The molecule has 0 aliphatic rings. The third-order valence-corrected chi connectivity index (χ3v) is 6.06. The van der Waals surface area contributed by atoms with E-state index in [9.17, 15) is 4.79 Å². The topological polar surface area (TPSA) is 22.0 Å². The minimum atomic E-state index is 0.101. The van der Waals surface area contributed by atoms with Crippen molar-refractivity contribution in [3.8, 4) is 5.69 Å². The van der Waals surface area contributed by atoms with E-state index in [0.717, 1.165) is 35.1 Å². The van der Waals surface area contributed by atoms with E-state index in [1.54, 1.807) is 0 Å². The fourth-order valence-electron chi connectivity index (χ4n) is 4.30. The van der Waals surface area contributed by atoms with Gasteiger partial charge in [0.05, 0.1) is 11.0 Å². The van der Waals surface area contributed by atoms with Gasteiger partial charge in [0.15, 0.2) is 6.29 Å². The van der Waals surface area contributed by atoms with Crippen LogP contribution in [0.25, 0.3) is 27.5 Å². The molecule has 148 valence electrons. The molecule has 0 unspecified atom stereocenters. The van der Waals surface area contributed by atoms with Crippen LogP contribution < -0.4 is 0 Å². The van der Waals surface area contributed by atoms with Gasteiger partial charge in [0.2, 0.25) is 0 Å². The van der Waals surface area contributed by atoms with E-state index >= 15 is 0 Å². The normalized spacial score (nSPS) is 12.1. The maximum absolute atomic E-state index is 11.5. The third kappa shape index (κ3) is 3.17. The lowest BCUT2D eigenvalue weighted by molar-refractivity contribution is 0.112.